The molecule has 0 bridgehead atoms. The Morgan fingerprint density at radius 3 is 1.78 bits per heavy atom. The molecule has 0 saturated carbocycles. The average molecular weight is 643 g/mol. The molecular weight excluding hydrogens is 617 g/mol. The van der Waals surface area contributed by atoms with Crippen LogP contribution in [0.4, 0.5) is 0 Å². The van der Waals surface area contributed by atoms with Crippen LogP contribution in [0.25, 0.3) is 101 Å². The molecule has 0 aliphatic carbocycles. The average Bonchev–Trinajstić information content (AvgIpc) is 3.80. The first kappa shape index (κ1) is 28.1. The van der Waals surface area contributed by atoms with Crippen LogP contribution in [0.5, 0.6) is 0 Å². The van der Waals surface area contributed by atoms with Gasteiger partial charge < -0.3 is 8.83 Å². The number of oxazole rings is 1. The standard InChI is InChI=1S/C44H26N4O2/c1-3-10-27(11-4-1)28-18-20-31(21-19-28)42-46-41(30-13-5-2-6-14-30)47-43(48-42)32-23-25-37-35(26-32)39-34(16-9-17-38(39)49-37)44-45-36-24-22-29-12-7-8-15-33(29)40(36)50-44/h1-26H. The molecule has 0 aliphatic heterocycles. The van der Waals surface area contributed by atoms with Crippen molar-refractivity contribution in [3.05, 3.63) is 158 Å². The lowest BCUT2D eigenvalue weighted by Gasteiger charge is -2.09. The predicted octanol–water partition coefficient (Wildman–Crippen LogP) is 11.4. The molecule has 3 aromatic heterocycles. The number of hydrogen-bond acceptors (Lipinski definition) is 6. The highest BCUT2D eigenvalue weighted by Crippen LogP contribution is 2.40. The molecule has 50 heavy (non-hydrogen) atoms. The van der Waals surface area contributed by atoms with E-state index in [0.717, 1.165) is 77.2 Å². The summed E-state index contributed by atoms with van der Waals surface area (Å²) in [6.07, 6.45) is 0. The molecule has 0 radical (unpaired) electrons. The maximum absolute atomic E-state index is 6.49. The topological polar surface area (TPSA) is 77.8 Å². The van der Waals surface area contributed by atoms with Crippen LogP contribution in [0.3, 0.4) is 0 Å². The SMILES string of the molecule is c1ccc(-c2ccc(-c3nc(-c4ccccc4)nc(-c4ccc5oc6cccc(-c7nc8ccc9ccccc9c8o7)c6c5c4)n3)cc2)cc1. The number of nitrogens with zero attached hydrogens (tertiary/aromatic N) is 4. The van der Waals surface area contributed by atoms with Crippen molar-refractivity contribution in [3.63, 3.8) is 0 Å². The van der Waals surface area contributed by atoms with Gasteiger partial charge in [0.2, 0.25) is 5.89 Å². The van der Waals surface area contributed by atoms with Gasteiger partial charge in [-0.25, -0.2) is 19.9 Å². The second-order valence-electron chi connectivity index (χ2n) is 12.3. The Kier molecular flexibility index (Phi) is 6.39. The van der Waals surface area contributed by atoms with Gasteiger partial charge in [-0.1, -0.05) is 121 Å². The zero-order valence-electron chi connectivity index (χ0n) is 26.6. The first-order valence-electron chi connectivity index (χ1n) is 16.5. The molecule has 0 saturated heterocycles. The van der Waals surface area contributed by atoms with Crippen LogP contribution in [0.2, 0.25) is 0 Å². The summed E-state index contributed by atoms with van der Waals surface area (Å²) in [4.78, 5) is 19.9. The molecule has 234 valence electrons. The molecule has 6 heteroatoms. The number of fused-ring (bicyclic) bond motifs is 6. The minimum atomic E-state index is 0.544. The smallest absolute Gasteiger partial charge is 0.228 e. The van der Waals surface area contributed by atoms with E-state index in [0.29, 0.717) is 23.4 Å². The van der Waals surface area contributed by atoms with Crippen LogP contribution < -0.4 is 0 Å². The van der Waals surface area contributed by atoms with Crippen LogP contribution in [0, 0.1) is 0 Å². The van der Waals surface area contributed by atoms with Crippen molar-refractivity contribution in [2.24, 2.45) is 0 Å². The third-order valence-electron chi connectivity index (χ3n) is 9.18. The summed E-state index contributed by atoms with van der Waals surface area (Å²) in [6.45, 7) is 0. The van der Waals surface area contributed by atoms with Crippen molar-refractivity contribution in [3.8, 4) is 56.7 Å². The largest absolute Gasteiger partial charge is 0.456 e. The summed E-state index contributed by atoms with van der Waals surface area (Å²) >= 11 is 0. The van der Waals surface area contributed by atoms with Gasteiger partial charge in [-0.2, -0.15) is 0 Å². The van der Waals surface area contributed by atoms with Crippen molar-refractivity contribution in [1.82, 2.24) is 19.9 Å². The molecular formula is C44H26N4O2. The van der Waals surface area contributed by atoms with E-state index >= 15 is 0 Å². The molecule has 3 heterocycles. The summed E-state index contributed by atoms with van der Waals surface area (Å²) in [5.41, 5.74) is 8.91. The molecule has 0 aliphatic rings. The van der Waals surface area contributed by atoms with E-state index in [4.69, 9.17) is 28.8 Å². The van der Waals surface area contributed by atoms with Crippen LogP contribution in [-0.4, -0.2) is 19.9 Å². The van der Waals surface area contributed by atoms with E-state index in [1.54, 1.807) is 0 Å². The highest BCUT2D eigenvalue weighted by atomic mass is 16.3. The van der Waals surface area contributed by atoms with E-state index in [9.17, 15) is 0 Å². The highest BCUT2D eigenvalue weighted by molar-refractivity contribution is 6.13. The van der Waals surface area contributed by atoms with Gasteiger partial charge >= 0.3 is 0 Å². The van der Waals surface area contributed by atoms with Crippen molar-refractivity contribution in [2.75, 3.05) is 0 Å². The molecule has 6 nitrogen and oxygen atoms in total. The summed E-state index contributed by atoms with van der Waals surface area (Å²) in [7, 11) is 0. The molecule has 0 amide bonds. The Bertz CT molecular complexity index is 2860. The van der Waals surface area contributed by atoms with Crippen molar-refractivity contribution in [1.29, 1.82) is 0 Å². The third kappa shape index (κ3) is 4.73. The Morgan fingerprint density at radius 2 is 1.00 bits per heavy atom. The van der Waals surface area contributed by atoms with Gasteiger partial charge in [0.25, 0.3) is 0 Å². The molecule has 0 spiro atoms. The summed E-state index contributed by atoms with van der Waals surface area (Å²) in [6, 6.07) is 53.0. The number of furan rings is 1. The summed E-state index contributed by atoms with van der Waals surface area (Å²) in [5, 5.41) is 3.99. The fourth-order valence-corrected chi connectivity index (χ4v) is 6.71. The van der Waals surface area contributed by atoms with Crippen LogP contribution in [0.1, 0.15) is 0 Å². The quantitative estimate of drug-likeness (QED) is 0.186. The zero-order valence-corrected chi connectivity index (χ0v) is 26.6. The molecule has 0 unspecified atom stereocenters. The Morgan fingerprint density at radius 1 is 0.380 bits per heavy atom. The fraction of sp³-hybridized carbons (Fsp3) is 0. The molecule has 0 fully saturated rings. The molecule has 0 N–H and O–H groups in total. The zero-order chi connectivity index (χ0) is 33.0. The fourth-order valence-electron chi connectivity index (χ4n) is 6.71. The van der Waals surface area contributed by atoms with Crippen LogP contribution in [-0.2, 0) is 0 Å². The lowest BCUT2D eigenvalue weighted by molar-refractivity contribution is 0.623. The van der Waals surface area contributed by atoms with Gasteiger partial charge in [-0.15, -0.1) is 0 Å². The Labute approximate surface area is 286 Å². The minimum absolute atomic E-state index is 0.544. The monoisotopic (exact) mass is 642 g/mol. The second-order valence-corrected chi connectivity index (χ2v) is 12.3. The van der Waals surface area contributed by atoms with E-state index in [1.165, 1.54) is 0 Å². The maximum atomic E-state index is 6.49. The lowest BCUT2D eigenvalue weighted by Crippen LogP contribution is -2.00. The van der Waals surface area contributed by atoms with Crippen molar-refractivity contribution in [2.45, 2.75) is 0 Å². The van der Waals surface area contributed by atoms with E-state index in [-0.39, 0.29) is 0 Å². The molecule has 0 atom stereocenters. The highest BCUT2D eigenvalue weighted by Gasteiger charge is 2.19. The van der Waals surface area contributed by atoms with Gasteiger partial charge in [0.15, 0.2) is 23.1 Å². The number of benzene rings is 7. The number of rotatable bonds is 5. The summed E-state index contributed by atoms with van der Waals surface area (Å²) in [5.74, 6) is 2.32. The summed E-state index contributed by atoms with van der Waals surface area (Å²) < 4.78 is 12.8. The number of aromatic nitrogens is 4. The third-order valence-corrected chi connectivity index (χ3v) is 9.18. The van der Waals surface area contributed by atoms with Crippen LogP contribution >= 0.6 is 0 Å². The first-order valence-corrected chi connectivity index (χ1v) is 16.5. The molecule has 10 aromatic rings. The molecule has 7 aromatic carbocycles. The Hall–Kier alpha value is -6.92. The van der Waals surface area contributed by atoms with Gasteiger partial charge in [0, 0.05) is 38.4 Å². The van der Waals surface area contributed by atoms with Gasteiger partial charge in [0.1, 0.15) is 16.7 Å². The van der Waals surface area contributed by atoms with Crippen LogP contribution in [0.15, 0.2) is 167 Å². The first-order chi connectivity index (χ1) is 24.7. The van der Waals surface area contributed by atoms with Gasteiger partial charge in [-0.05, 0) is 52.9 Å². The lowest BCUT2D eigenvalue weighted by atomic mass is 10.0. The van der Waals surface area contributed by atoms with E-state index in [1.807, 2.05) is 97.1 Å². The second kappa shape index (κ2) is 11.4. The maximum Gasteiger partial charge on any atom is 0.228 e. The van der Waals surface area contributed by atoms with Gasteiger partial charge in [-0.3, -0.25) is 0 Å². The molecule has 10 rings (SSSR count). The van der Waals surface area contributed by atoms with E-state index in [2.05, 4.69) is 60.7 Å². The van der Waals surface area contributed by atoms with Crippen molar-refractivity contribution >= 4 is 43.8 Å². The van der Waals surface area contributed by atoms with E-state index < -0.39 is 0 Å². The van der Waals surface area contributed by atoms with Crippen molar-refractivity contribution < 1.29 is 8.83 Å². The normalized spacial score (nSPS) is 11.6. The Balaban J connectivity index is 1.13. The predicted molar refractivity (Wildman–Crippen MR) is 199 cm³/mol. The van der Waals surface area contributed by atoms with Gasteiger partial charge in [0.05, 0.1) is 0 Å². The number of hydrogen-bond donors (Lipinski definition) is 0. The minimum Gasteiger partial charge on any atom is -0.456 e.